The minimum Gasteiger partial charge on any atom is -0.457 e. The van der Waals surface area contributed by atoms with Gasteiger partial charge in [0.25, 0.3) is 5.91 Å². The zero-order valence-corrected chi connectivity index (χ0v) is 17.7. The van der Waals surface area contributed by atoms with Crippen molar-refractivity contribution in [3.05, 3.63) is 84.4 Å². The van der Waals surface area contributed by atoms with E-state index in [2.05, 4.69) is 10.6 Å². The minimum absolute atomic E-state index is 0.0550. The Morgan fingerprint density at radius 1 is 0.719 bits per heavy atom. The number of esters is 1. The summed E-state index contributed by atoms with van der Waals surface area (Å²) in [6.07, 6.45) is -0.181. The highest BCUT2D eigenvalue weighted by Gasteiger charge is 2.11. The van der Waals surface area contributed by atoms with Crippen LogP contribution in [0, 0.1) is 6.92 Å². The zero-order chi connectivity index (χ0) is 22.8. The molecule has 0 fully saturated rings. The van der Waals surface area contributed by atoms with Crippen LogP contribution in [0.2, 0.25) is 0 Å². The maximum Gasteiger partial charge on any atom is 0.306 e. The highest BCUT2D eigenvalue weighted by Crippen LogP contribution is 2.22. The summed E-state index contributed by atoms with van der Waals surface area (Å²) in [5.41, 5.74) is 2.22. The standard InChI is InChI=1S/C25H24N2O5/c1-18-6-5-7-20(16-18)27-24(29)17-31-25(30)15-14-23(28)26-19-10-12-22(13-11-19)32-21-8-3-2-4-9-21/h2-13,16H,14-15,17H2,1H3,(H,26,28)(H,27,29). The number of para-hydroxylation sites is 1. The number of aryl methyl sites for hydroxylation is 1. The number of carbonyl (C=O) groups excluding carboxylic acids is 3. The number of carbonyl (C=O) groups is 3. The van der Waals surface area contributed by atoms with Crippen molar-refractivity contribution in [1.29, 1.82) is 0 Å². The first kappa shape index (κ1) is 22.6. The molecule has 32 heavy (non-hydrogen) atoms. The monoisotopic (exact) mass is 432 g/mol. The molecule has 0 atom stereocenters. The molecule has 2 N–H and O–H groups in total. The third-order valence-electron chi connectivity index (χ3n) is 4.34. The maximum absolute atomic E-state index is 12.1. The van der Waals surface area contributed by atoms with Gasteiger partial charge in [-0.25, -0.2) is 0 Å². The molecular formula is C25H24N2O5. The van der Waals surface area contributed by atoms with Gasteiger partial charge >= 0.3 is 5.97 Å². The molecule has 0 saturated carbocycles. The van der Waals surface area contributed by atoms with Gasteiger partial charge in [0, 0.05) is 17.8 Å². The number of rotatable bonds is 9. The third-order valence-corrected chi connectivity index (χ3v) is 4.34. The molecular weight excluding hydrogens is 408 g/mol. The third kappa shape index (κ3) is 7.60. The average Bonchev–Trinajstić information content (AvgIpc) is 2.78. The van der Waals surface area contributed by atoms with Gasteiger partial charge in [-0.3, -0.25) is 14.4 Å². The SMILES string of the molecule is Cc1cccc(NC(=O)COC(=O)CCC(=O)Nc2ccc(Oc3ccccc3)cc2)c1. The summed E-state index contributed by atoms with van der Waals surface area (Å²) in [4.78, 5) is 35.8. The molecule has 0 radical (unpaired) electrons. The predicted octanol–water partition coefficient (Wildman–Crippen LogP) is 4.69. The van der Waals surface area contributed by atoms with Gasteiger partial charge in [-0.05, 0) is 61.0 Å². The molecule has 0 heterocycles. The van der Waals surface area contributed by atoms with Crippen LogP contribution in [0.3, 0.4) is 0 Å². The van der Waals surface area contributed by atoms with Crippen molar-refractivity contribution in [2.75, 3.05) is 17.2 Å². The van der Waals surface area contributed by atoms with Gasteiger partial charge in [0.1, 0.15) is 11.5 Å². The van der Waals surface area contributed by atoms with Crippen LogP contribution in [-0.4, -0.2) is 24.4 Å². The number of hydrogen-bond donors (Lipinski definition) is 2. The number of anilines is 2. The van der Waals surface area contributed by atoms with Gasteiger partial charge in [0.05, 0.1) is 6.42 Å². The molecule has 0 saturated heterocycles. The van der Waals surface area contributed by atoms with E-state index in [9.17, 15) is 14.4 Å². The van der Waals surface area contributed by atoms with Gasteiger partial charge in [-0.1, -0.05) is 30.3 Å². The van der Waals surface area contributed by atoms with Crippen LogP contribution in [0.1, 0.15) is 18.4 Å². The van der Waals surface area contributed by atoms with Gasteiger partial charge < -0.3 is 20.1 Å². The first-order valence-corrected chi connectivity index (χ1v) is 10.1. The van der Waals surface area contributed by atoms with Crippen LogP contribution in [0.25, 0.3) is 0 Å². The summed E-state index contributed by atoms with van der Waals surface area (Å²) in [5.74, 6) is -0.0302. The van der Waals surface area contributed by atoms with E-state index < -0.39 is 18.5 Å². The topological polar surface area (TPSA) is 93.7 Å². The number of benzene rings is 3. The van der Waals surface area contributed by atoms with Crippen LogP contribution in [0.15, 0.2) is 78.9 Å². The fourth-order valence-electron chi connectivity index (χ4n) is 2.81. The molecule has 3 aromatic rings. The molecule has 0 aliphatic carbocycles. The first-order chi connectivity index (χ1) is 15.5. The normalized spacial score (nSPS) is 10.2. The van der Waals surface area contributed by atoms with Crippen molar-refractivity contribution in [2.24, 2.45) is 0 Å². The molecule has 7 nitrogen and oxygen atoms in total. The molecule has 3 rings (SSSR count). The second-order valence-electron chi connectivity index (χ2n) is 7.07. The van der Waals surface area contributed by atoms with Crippen LogP contribution in [0.4, 0.5) is 11.4 Å². The fourth-order valence-corrected chi connectivity index (χ4v) is 2.81. The van der Waals surface area contributed by atoms with Crippen molar-refractivity contribution in [3.63, 3.8) is 0 Å². The van der Waals surface area contributed by atoms with E-state index in [4.69, 9.17) is 9.47 Å². The minimum atomic E-state index is -0.619. The van der Waals surface area contributed by atoms with Crippen LogP contribution in [-0.2, 0) is 19.1 Å². The van der Waals surface area contributed by atoms with E-state index in [-0.39, 0.29) is 18.7 Å². The Bertz CT molecular complexity index is 1070. The quantitative estimate of drug-likeness (QED) is 0.479. The van der Waals surface area contributed by atoms with Gasteiger partial charge in [0.15, 0.2) is 6.61 Å². The Morgan fingerprint density at radius 2 is 1.41 bits per heavy atom. The Kier molecular flexibility index (Phi) is 7.97. The molecule has 2 amide bonds. The summed E-state index contributed by atoms with van der Waals surface area (Å²) in [6, 6.07) is 23.6. The molecule has 0 aromatic heterocycles. The smallest absolute Gasteiger partial charge is 0.306 e. The summed E-state index contributed by atoms with van der Waals surface area (Å²) in [6.45, 7) is 1.50. The largest absolute Gasteiger partial charge is 0.457 e. The maximum atomic E-state index is 12.1. The number of ether oxygens (including phenoxy) is 2. The number of hydrogen-bond acceptors (Lipinski definition) is 5. The molecule has 3 aromatic carbocycles. The highest BCUT2D eigenvalue weighted by atomic mass is 16.5. The van der Waals surface area contributed by atoms with Crippen molar-refractivity contribution in [3.8, 4) is 11.5 Å². The second-order valence-corrected chi connectivity index (χ2v) is 7.07. The van der Waals surface area contributed by atoms with Crippen LogP contribution < -0.4 is 15.4 Å². The highest BCUT2D eigenvalue weighted by molar-refractivity contribution is 5.94. The molecule has 0 aliphatic rings. The van der Waals surface area contributed by atoms with E-state index in [0.717, 1.165) is 11.3 Å². The van der Waals surface area contributed by atoms with Gasteiger partial charge in [0.2, 0.25) is 5.91 Å². The van der Waals surface area contributed by atoms with E-state index in [1.807, 2.05) is 55.5 Å². The lowest BCUT2D eigenvalue weighted by atomic mass is 10.2. The molecule has 0 spiro atoms. The van der Waals surface area contributed by atoms with Crippen LogP contribution in [0.5, 0.6) is 11.5 Å². The fraction of sp³-hybridized carbons (Fsp3) is 0.160. The molecule has 164 valence electrons. The molecule has 0 aliphatic heterocycles. The molecule has 0 bridgehead atoms. The van der Waals surface area contributed by atoms with Crippen molar-refractivity contribution in [2.45, 2.75) is 19.8 Å². The van der Waals surface area contributed by atoms with Crippen molar-refractivity contribution >= 4 is 29.2 Å². The van der Waals surface area contributed by atoms with Gasteiger partial charge in [-0.15, -0.1) is 0 Å². The summed E-state index contributed by atoms with van der Waals surface area (Å²) in [7, 11) is 0. The second kappa shape index (κ2) is 11.3. The van der Waals surface area contributed by atoms with Crippen LogP contribution >= 0.6 is 0 Å². The summed E-state index contributed by atoms with van der Waals surface area (Å²) in [5, 5.41) is 5.36. The zero-order valence-electron chi connectivity index (χ0n) is 17.7. The Labute approximate surface area is 186 Å². The Morgan fingerprint density at radius 3 is 2.12 bits per heavy atom. The Hall–Kier alpha value is -4.13. The van der Waals surface area contributed by atoms with E-state index in [1.54, 1.807) is 30.3 Å². The lowest BCUT2D eigenvalue weighted by Crippen LogP contribution is -2.21. The summed E-state index contributed by atoms with van der Waals surface area (Å²) >= 11 is 0. The predicted molar refractivity (Wildman–Crippen MR) is 122 cm³/mol. The summed E-state index contributed by atoms with van der Waals surface area (Å²) < 4.78 is 10.6. The van der Waals surface area contributed by atoms with Crippen molar-refractivity contribution < 1.29 is 23.9 Å². The van der Waals surface area contributed by atoms with Gasteiger partial charge in [-0.2, -0.15) is 0 Å². The van der Waals surface area contributed by atoms with E-state index in [1.165, 1.54) is 0 Å². The Balaban J connectivity index is 1.36. The number of amides is 2. The van der Waals surface area contributed by atoms with Crippen molar-refractivity contribution in [1.82, 2.24) is 0 Å². The van der Waals surface area contributed by atoms with E-state index in [0.29, 0.717) is 17.1 Å². The average molecular weight is 432 g/mol. The lowest BCUT2D eigenvalue weighted by molar-refractivity contribution is -0.147. The lowest BCUT2D eigenvalue weighted by Gasteiger charge is -2.09. The number of nitrogens with one attached hydrogen (secondary N) is 2. The first-order valence-electron chi connectivity index (χ1n) is 10.1. The van der Waals surface area contributed by atoms with E-state index >= 15 is 0 Å². The molecule has 7 heteroatoms. The molecule has 0 unspecified atom stereocenters.